The fraction of sp³-hybridized carbons (Fsp3) is 0.154. The Kier molecular flexibility index (Phi) is 7.49. The minimum atomic E-state index is -1.16. The van der Waals surface area contributed by atoms with Crippen LogP contribution in [0.4, 0.5) is 5.69 Å². The highest BCUT2D eigenvalue weighted by molar-refractivity contribution is 6.39. The lowest BCUT2D eigenvalue weighted by Crippen LogP contribution is -2.36. The maximum absolute atomic E-state index is 13.1. The zero-order valence-corrected chi connectivity index (χ0v) is 21.3. The van der Waals surface area contributed by atoms with E-state index >= 15 is 0 Å². The van der Waals surface area contributed by atoms with Gasteiger partial charge in [-0.25, -0.2) is 19.0 Å². The SMILES string of the molecule is CN(C)c1ccc2[nH]c(=O)n(-c3ccc(C[C@H](N)C(=O)OC(=O)c4c(Cl)cccc4Cl)cc3)c(=O)c2c1. The molecule has 0 saturated heterocycles. The van der Waals surface area contributed by atoms with Crippen LogP contribution in [0.3, 0.4) is 0 Å². The summed E-state index contributed by atoms with van der Waals surface area (Å²) in [6, 6.07) is 14.9. The third-order valence-electron chi connectivity index (χ3n) is 5.71. The summed E-state index contributed by atoms with van der Waals surface area (Å²) < 4.78 is 5.89. The maximum Gasteiger partial charge on any atom is 0.348 e. The zero-order chi connectivity index (χ0) is 26.9. The van der Waals surface area contributed by atoms with Crippen molar-refractivity contribution in [3.05, 3.63) is 103 Å². The van der Waals surface area contributed by atoms with Crippen LogP contribution in [0.1, 0.15) is 15.9 Å². The molecule has 0 fully saturated rings. The van der Waals surface area contributed by atoms with E-state index in [2.05, 4.69) is 4.98 Å². The number of hydrogen-bond acceptors (Lipinski definition) is 7. The molecule has 4 rings (SSSR count). The number of ether oxygens (including phenoxy) is 1. The molecule has 1 heterocycles. The fourth-order valence-electron chi connectivity index (χ4n) is 3.74. The Morgan fingerprint density at radius 1 is 1.03 bits per heavy atom. The topological polar surface area (TPSA) is 127 Å². The van der Waals surface area contributed by atoms with E-state index in [9.17, 15) is 19.2 Å². The van der Waals surface area contributed by atoms with Crippen molar-refractivity contribution in [3.63, 3.8) is 0 Å². The van der Waals surface area contributed by atoms with Crippen molar-refractivity contribution in [2.45, 2.75) is 12.5 Å². The molecule has 1 atom stereocenters. The van der Waals surface area contributed by atoms with Gasteiger partial charge >= 0.3 is 17.6 Å². The molecule has 0 radical (unpaired) electrons. The van der Waals surface area contributed by atoms with E-state index in [1.54, 1.807) is 42.5 Å². The van der Waals surface area contributed by atoms with E-state index in [1.807, 2.05) is 25.1 Å². The molecule has 190 valence electrons. The molecule has 4 aromatic rings. The Morgan fingerprint density at radius 2 is 1.68 bits per heavy atom. The Labute approximate surface area is 221 Å². The van der Waals surface area contributed by atoms with Crippen LogP contribution in [0.15, 0.2) is 70.3 Å². The summed E-state index contributed by atoms with van der Waals surface area (Å²) in [6.45, 7) is 0. The average Bonchev–Trinajstić information content (AvgIpc) is 2.84. The van der Waals surface area contributed by atoms with Crippen molar-refractivity contribution in [1.82, 2.24) is 9.55 Å². The molecule has 0 saturated carbocycles. The first-order valence-electron chi connectivity index (χ1n) is 11.1. The maximum atomic E-state index is 13.1. The Bertz CT molecular complexity index is 1610. The third-order valence-corrected chi connectivity index (χ3v) is 6.34. The number of nitrogens with one attached hydrogen (secondary N) is 1. The second kappa shape index (κ2) is 10.6. The first kappa shape index (κ1) is 26.2. The number of rotatable bonds is 6. The summed E-state index contributed by atoms with van der Waals surface area (Å²) >= 11 is 12.0. The van der Waals surface area contributed by atoms with E-state index in [0.717, 1.165) is 10.3 Å². The lowest BCUT2D eigenvalue weighted by molar-refractivity contribution is -0.139. The van der Waals surface area contributed by atoms with Crippen molar-refractivity contribution in [2.24, 2.45) is 5.73 Å². The predicted octanol–water partition coefficient (Wildman–Crippen LogP) is 3.31. The molecule has 0 aliphatic carbocycles. The van der Waals surface area contributed by atoms with E-state index < -0.39 is 29.2 Å². The van der Waals surface area contributed by atoms with Crippen LogP contribution >= 0.6 is 23.2 Å². The number of esters is 2. The first-order chi connectivity index (χ1) is 17.6. The normalized spacial score (nSPS) is 11.8. The van der Waals surface area contributed by atoms with Gasteiger partial charge in [0.2, 0.25) is 0 Å². The summed E-state index contributed by atoms with van der Waals surface area (Å²) in [6.07, 6.45) is 0.0395. The highest BCUT2D eigenvalue weighted by Gasteiger charge is 2.23. The number of fused-ring (bicyclic) bond motifs is 1. The van der Waals surface area contributed by atoms with Gasteiger partial charge < -0.3 is 20.4 Å². The molecule has 37 heavy (non-hydrogen) atoms. The van der Waals surface area contributed by atoms with Crippen LogP contribution in [0.5, 0.6) is 0 Å². The number of benzene rings is 3. The number of hydrogen-bond donors (Lipinski definition) is 2. The quantitative estimate of drug-likeness (QED) is 0.283. The predicted molar refractivity (Wildman–Crippen MR) is 143 cm³/mol. The number of nitrogens with zero attached hydrogens (tertiary/aromatic N) is 2. The summed E-state index contributed by atoms with van der Waals surface area (Å²) in [5.74, 6) is -1.96. The molecule has 0 bridgehead atoms. The number of anilines is 1. The van der Waals surface area contributed by atoms with Crippen LogP contribution in [0, 0.1) is 0 Å². The van der Waals surface area contributed by atoms with Gasteiger partial charge in [0, 0.05) is 19.8 Å². The van der Waals surface area contributed by atoms with E-state index in [1.165, 1.54) is 12.1 Å². The molecule has 0 unspecified atom stereocenters. The molecule has 0 spiro atoms. The van der Waals surface area contributed by atoms with Crippen LogP contribution in [0.25, 0.3) is 16.6 Å². The number of halogens is 2. The van der Waals surface area contributed by atoms with Gasteiger partial charge in [0.15, 0.2) is 0 Å². The summed E-state index contributed by atoms with van der Waals surface area (Å²) in [7, 11) is 3.71. The molecule has 9 nitrogen and oxygen atoms in total. The van der Waals surface area contributed by atoms with Gasteiger partial charge in [0.1, 0.15) is 6.04 Å². The minimum Gasteiger partial charge on any atom is -0.388 e. The summed E-state index contributed by atoms with van der Waals surface area (Å²) in [5, 5.41) is 0.459. The minimum absolute atomic E-state index is 0.0395. The molecule has 1 aromatic heterocycles. The first-order valence-corrected chi connectivity index (χ1v) is 11.8. The molecule has 0 aliphatic heterocycles. The fourth-order valence-corrected chi connectivity index (χ4v) is 4.30. The Balaban J connectivity index is 1.52. The van der Waals surface area contributed by atoms with Crippen molar-refractivity contribution in [2.75, 3.05) is 19.0 Å². The standard InChI is InChI=1S/C26H22Cl2N4O5/c1-31(2)16-10-11-21-17(13-16)23(33)32(26(36)30-21)15-8-6-14(7-9-15)12-20(29)24(34)37-25(35)22-18(27)4-3-5-19(22)28/h3-11,13,20H,12,29H2,1-2H3,(H,30,36)/t20-/m0/s1. The summed E-state index contributed by atoms with van der Waals surface area (Å²) in [4.78, 5) is 55.1. The van der Waals surface area contributed by atoms with Gasteiger partial charge in [0.05, 0.1) is 32.2 Å². The smallest absolute Gasteiger partial charge is 0.348 e. The second-order valence-electron chi connectivity index (χ2n) is 8.48. The number of carbonyl (C=O) groups is 2. The van der Waals surface area contributed by atoms with Crippen LogP contribution in [0.2, 0.25) is 10.0 Å². The Morgan fingerprint density at radius 3 is 2.30 bits per heavy atom. The molecule has 0 aliphatic rings. The second-order valence-corrected chi connectivity index (χ2v) is 9.29. The summed E-state index contributed by atoms with van der Waals surface area (Å²) in [5.41, 5.74) is 6.98. The number of carbonyl (C=O) groups excluding carboxylic acids is 2. The molecule has 0 amide bonds. The van der Waals surface area contributed by atoms with Crippen LogP contribution in [-0.2, 0) is 16.0 Å². The van der Waals surface area contributed by atoms with Gasteiger partial charge in [-0.2, -0.15) is 0 Å². The van der Waals surface area contributed by atoms with Crippen molar-refractivity contribution in [3.8, 4) is 5.69 Å². The van der Waals surface area contributed by atoms with Crippen molar-refractivity contribution in [1.29, 1.82) is 0 Å². The molecular formula is C26H22Cl2N4O5. The number of nitrogens with two attached hydrogens (primary N) is 1. The van der Waals surface area contributed by atoms with Gasteiger partial charge in [-0.15, -0.1) is 0 Å². The molecular weight excluding hydrogens is 519 g/mol. The van der Waals surface area contributed by atoms with Gasteiger partial charge in [-0.05, 0) is 54.4 Å². The third kappa shape index (κ3) is 5.43. The van der Waals surface area contributed by atoms with Crippen LogP contribution in [-0.4, -0.2) is 41.6 Å². The van der Waals surface area contributed by atoms with E-state index in [0.29, 0.717) is 22.2 Å². The van der Waals surface area contributed by atoms with E-state index in [-0.39, 0.29) is 22.0 Å². The van der Waals surface area contributed by atoms with Gasteiger partial charge in [-0.1, -0.05) is 41.4 Å². The lowest BCUT2D eigenvalue weighted by atomic mass is 10.1. The molecule has 11 heteroatoms. The zero-order valence-electron chi connectivity index (χ0n) is 19.8. The lowest BCUT2D eigenvalue weighted by Gasteiger charge is -2.14. The van der Waals surface area contributed by atoms with Gasteiger partial charge in [0.25, 0.3) is 5.56 Å². The monoisotopic (exact) mass is 540 g/mol. The van der Waals surface area contributed by atoms with Crippen LogP contribution < -0.4 is 21.9 Å². The van der Waals surface area contributed by atoms with Crippen molar-refractivity contribution >= 4 is 51.7 Å². The largest absolute Gasteiger partial charge is 0.388 e. The Hall–Kier alpha value is -3.92. The van der Waals surface area contributed by atoms with E-state index in [4.69, 9.17) is 33.7 Å². The highest BCUT2D eigenvalue weighted by atomic mass is 35.5. The number of H-pyrrole nitrogens is 1. The highest BCUT2D eigenvalue weighted by Crippen LogP contribution is 2.25. The number of aromatic nitrogens is 2. The molecule has 3 aromatic carbocycles. The number of aromatic amines is 1. The average molecular weight is 541 g/mol. The van der Waals surface area contributed by atoms with Gasteiger partial charge in [-0.3, -0.25) is 4.79 Å². The molecule has 3 N–H and O–H groups in total. The van der Waals surface area contributed by atoms with Crippen molar-refractivity contribution < 1.29 is 14.3 Å².